The summed E-state index contributed by atoms with van der Waals surface area (Å²) in [7, 11) is 0. The first kappa shape index (κ1) is 15.9. The summed E-state index contributed by atoms with van der Waals surface area (Å²) >= 11 is 0. The van der Waals surface area contributed by atoms with Crippen molar-refractivity contribution in [3.05, 3.63) is 0 Å². The van der Waals surface area contributed by atoms with Gasteiger partial charge in [0.05, 0.1) is 12.6 Å². The van der Waals surface area contributed by atoms with Crippen molar-refractivity contribution in [2.75, 3.05) is 6.54 Å². The third-order valence-corrected chi connectivity index (χ3v) is 2.12. The molecule has 0 aliphatic rings. The molecule has 0 aromatic rings. The lowest BCUT2D eigenvalue weighted by Gasteiger charge is -2.30. The molecule has 0 unspecified atom stereocenters. The summed E-state index contributed by atoms with van der Waals surface area (Å²) in [5.74, 6) is 0.116. The van der Waals surface area contributed by atoms with Crippen LogP contribution in [0.1, 0.15) is 41.5 Å². The molecular formula is C12H26N4O. The predicted octanol–water partition coefficient (Wildman–Crippen LogP) is 0.632. The van der Waals surface area contributed by atoms with Crippen LogP contribution in [0.2, 0.25) is 0 Å². The molecule has 0 spiro atoms. The number of guanidine groups is 1. The molecule has 5 nitrogen and oxygen atoms in total. The van der Waals surface area contributed by atoms with E-state index in [1.807, 2.05) is 41.5 Å². The fourth-order valence-corrected chi connectivity index (χ4v) is 1.44. The number of nitrogens with one attached hydrogen (secondary N) is 1. The third-order valence-electron chi connectivity index (χ3n) is 2.12. The number of rotatable bonds is 4. The molecule has 0 amide bonds. The van der Waals surface area contributed by atoms with E-state index in [4.69, 9.17) is 11.5 Å². The van der Waals surface area contributed by atoms with Crippen molar-refractivity contribution in [1.29, 1.82) is 0 Å². The lowest BCUT2D eigenvalue weighted by Crippen LogP contribution is -2.52. The van der Waals surface area contributed by atoms with Crippen LogP contribution in [-0.4, -0.2) is 29.9 Å². The molecule has 0 rings (SSSR count). The van der Waals surface area contributed by atoms with Crippen LogP contribution in [0.3, 0.4) is 0 Å². The van der Waals surface area contributed by atoms with Gasteiger partial charge in [-0.3, -0.25) is 9.79 Å². The molecule has 0 aliphatic heterocycles. The van der Waals surface area contributed by atoms with E-state index in [2.05, 4.69) is 10.3 Å². The van der Waals surface area contributed by atoms with Gasteiger partial charge in [0.2, 0.25) is 0 Å². The normalized spacial score (nSPS) is 14.2. The Morgan fingerprint density at radius 3 is 1.94 bits per heavy atom. The van der Waals surface area contributed by atoms with Crippen molar-refractivity contribution >= 4 is 11.7 Å². The van der Waals surface area contributed by atoms with Crippen LogP contribution in [0, 0.1) is 5.41 Å². The molecular weight excluding hydrogens is 216 g/mol. The highest BCUT2D eigenvalue weighted by atomic mass is 16.1. The Bertz CT molecular complexity index is 293. The minimum absolute atomic E-state index is 0.00687. The largest absolute Gasteiger partial charge is 0.370 e. The summed E-state index contributed by atoms with van der Waals surface area (Å²) in [5.41, 5.74) is 10.0. The molecule has 0 radical (unpaired) electrons. The third kappa shape index (κ3) is 6.94. The maximum absolute atomic E-state index is 12.2. The summed E-state index contributed by atoms with van der Waals surface area (Å²) in [6.07, 6.45) is 0. The summed E-state index contributed by atoms with van der Waals surface area (Å²) in [6, 6.07) is -0.364. The molecule has 5 N–H and O–H groups in total. The number of nitrogens with two attached hydrogens (primary N) is 2. The van der Waals surface area contributed by atoms with Gasteiger partial charge in [-0.05, 0) is 20.8 Å². The van der Waals surface area contributed by atoms with Crippen molar-refractivity contribution in [2.45, 2.75) is 53.1 Å². The molecule has 0 heterocycles. The second kappa shape index (κ2) is 5.49. The molecule has 17 heavy (non-hydrogen) atoms. The molecule has 0 saturated carbocycles. The molecule has 0 aliphatic carbocycles. The van der Waals surface area contributed by atoms with Crippen molar-refractivity contribution in [3.8, 4) is 0 Å². The molecule has 5 heteroatoms. The average Bonchev–Trinajstić information content (AvgIpc) is 2.07. The van der Waals surface area contributed by atoms with Crippen LogP contribution in [0.15, 0.2) is 4.99 Å². The van der Waals surface area contributed by atoms with E-state index in [0.29, 0.717) is 0 Å². The van der Waals surface area contributed by atoms with Crippen molar-refractivity contribution in [2.24, 2.45) is 21.9 Å². The topological polar surface area (TPSA) is 93.5 Å². The number of aliphatic imine (C=N–C) groups is 1. The Hall–Kier alpha value is -1.10. The highest BCUT2D eigenvalue weighted by molar-refractivity contribution is 5.89. The zero-order valence-corrected chi connectivity index (χ0v) is 11.8. The lowest BCUT2D eigenvalue weighted by molar-refractivity contribution is -0.128. The van der Waals surface area contributed by atoms with Gasteiger partial charge in [0.25, 0.3) is 0 Å². The number of ketones is 1. The molecule has 0 aromatic heterocycles. The van der Waals surface area contributed by atoms with Crippen molar-refractivity contribution in [1.82, 2.24) is 5.32 Å². The smallest absolute Gasteiger partial charge is 0.185 e. The zero-order valence-electron chi connectivity index (χ0n) is 11.8. The summed E-state index contributed by atoms with van der Waals surface area (Å²) in [4.78, 5) is 16.2. The first-order valence-electron chi connectivity index (χ1n) is 5.81. The fourth-order valence-electron chi connectivity index (χ4n) is 1.44. The van der Waals surface area contributed by atoms with Crippen molar-refractivity contribution in [3.63, 3.8) is 0 Å². The van der Waals surface area contributed by atoms with Gasteiger partial charge in [-0.1, -0.05) is 20.8 Å². The summed E-state index contributed by atoms with van der Waals surface area (Å²) in [5, 5.41) is 3.25. The first-order valence-corrected chi connectivity index (χ1v) is 5.81. The Morgan fingerprint density at radius 2 is 1.65 bits per heavy atom. The molecule has 0 aromatic carbocycles. The van der Waals surface area contributed by atoms with Gasteiger partial charge in [0, 0.05) is 11.0 Å². The van der Waals surface area contributed by atoms with E-state index in [-0.39, 0.29) is 29.9 Å². The predicted molar refractivity (Wildman–Crippen MR) is 71.8 cm³/mol. The van der Waals surface area contributed by atoms with E-state index in [1.165, 1.54) is 0 Å². The van der Waals surface area contributed by atoms with Gasteiger partial charge in [0.1, 0.15) is 0 Å². The quantitative estimate of drug-likeness (QED) is 0.498. The van der Waals surface area contributed by atoms with E-state index < -0.39 is 5.41 Å². The first-order chi connectivity index (χ1) is 7.43. The fraction of sp³-hybridized carbons (Fsp3) is 0.833. The molecule has 100 valence electrons. The zero-order chi connectivity index (χ0) is 13.9. The van der Waals surface area contributed by atoms with Crippen LogP contribution in [-0.2, 0) is 4.79 Å². The maximum Gasteiger partial charge on any atom is 0.185 e. The van der Waals surface area contributed by atoms with Crippen LogP contribution in [0.5, 0.6) is 0 Å². The van der Waals surface area contributed by atoms with Crippen molar-refractivity contribution < 1.29 is 4.79 Å². The second-order valence-corrected chi connectivity index (χ2v) is 6.33. The van der Waals surface area contributed by atoms with Crippen LogP contribution in [0.4, 0.5) is 0 Å². The maximum atomic E-state index is 12.2. The van der Waals surface area contributed by atoms with Gasteiger partial charge < -0.3 is 16.8 Å². The van der Waals surface area contributed by atoms with Gasteiger partial charge in [0.15, 0.2) is 11.7 Å². The number of hydrogen-bond acceptors (Lipinski definition) is 3. The van der Waals surface area contributed by atoms with E-state index in [9.17, 15) is 4.79 Å². The van der Waals surface area contributed by atoms with Gasteiger partial charge in [-0.2, -0.15) is 0 Å². The van der Waals surface area contributed by atoms with E-state index >= 15 is 0 Å². The number of Topliss-reactive ketones (excluding diaryl/α,β-unsaturated/α-hetero) is 1. The number of carbonyl (C=O) groups excluding carboxylic acids is 1. The SMILES string of the molecule is CC(C)(C)N[C@@H](CN=C(N)N)C(=O)C(C)(C)C. The van der Waals surface area contributed by atoms with E-state index in [1.54, 1.807) is 0 Å². The lowest BCUT2D eigenvalue weighted by atomic mass is 9.85. The summed E-state index contributed by atoms with van der Waals surface area (Å²) in [6.45, 7) is 12.0. The van der Waals surface area contributed by atoms with Gasteiger partial charge >= 0.3 is 0 Å². The van der Waals surface area contributed by atoms with Crippen LogP contribution in [0.25, 0.3) is 0 Å². The minimum Gasteiger partial charge on any atom is -0.370 e. The van der Waals surface area contributed by atoms with Gasteiger partial charge in [-0.15, -0.1) is 0 Å². The molecule has 0 fully saturated rings. The molecule has 0 bridgehead atoms. The number of nitrogens with zero attached hydrogens (tertiary/aromatic N) is 1. The highest BCUT2D eigenvalue weighted by Crippen LogP contribution is 2.18. The average molecular weight is 242 g/mol. The Labute approximate surface area is 104 Å². The van der Waals surface area contributed by atoms with E-state index in [0.717, 1.165) is 0 Å². The Balaban J connectivity index is 4.86. The van der Waals surface area contributed by atoms with Crippen LogP contribution >= 0.6 is 0 Å². The number of carbonyl (C=O) groups is 1. The second-order valence-electron chi connectivity index (χ2n) is 6.33. The molecule has 1 atom stereocenters. The standard InChI is InChI=1S/C12H26N4O/c1-11(2,3)9(17)8(7-15-10(13)14)16-12(4,5)6/h8,16H,7H2,1-6H3,(H4,13,14,15)/t8-/m0/s1. The monoisotopic (exact) mass is 242 g/mol. The molecule has 0 saturated heterocycles. The number of hydrogen-bond donors (Lipinski definition) is 3. The highest BCUT2D eigenvalue weighted by Gasteiger charge is 2.31. The van der Waals surface area contributed by atoms with Gasteiger partial charge in [-0.25, -0.2) is 0 Å². The minimum atomic E-state index is -0.415. The van der Waals surface area contributed by atoms with Crippen LogP contribution < -0.4 is 16.8 Å². The Kier molecular flexibility index (Phi) is 5.13. The summed E-state index contributed by atoms with van der Waals surface area (Å²) < 4.78 is 0. The Morgan fingerprint density at radius 1 is 1.18 bits per heavy atom.